The third kappa shape index (κ3) is 3.97. The van der Waals surface area contributed by atoms with E-state index >= 15 is 0 Å². The standard InChI is InChI=1S/C18H18N4O/c1-23-17-9-7-16(8-10-17)14-22-18(11-12-20-22)21-19-13-15-5-3-2-4-6-15/h2-13,21H,14H2,1H3/b19-13+. The number of hydrazone groups is 1. The van der Waals surface area contributed by atoms with Gasteiger partial charge < -0.3 is 4.74 Å². The molecule has 1 heterocycles. The Morgan fingerprint density at radius 2 is 1.87 bits per heavy atom. The minimum atomic E-state index is 0.667. The first-order valence-electron chi connectivity index (χ1n) is 7.34. The molecule has 0 unspecified atom stereocenters. The van der Waals surface area contributed by atoms with Gasteiger partial charge in [-0.25, -0.2) is 4.68 Å². The minimum absolute atomic E-state index is 0.667. The number of nitrogens with zero attached hydrogens (tertiary/aromatic N) is 3. The summed E-state index contributed by atoms with van der Waals surface area (Å²) in [6.45, 7) is 0.667. The van der Waals surface area contributed by atoms with Crippen molar-refractivity contribution in [2.75, 3.05) is 12.5 Å². The molecule has 1 N–H and O–H groups in total. The summed E-state index contributed by atoms with van der Waals surface area (Å²) in [5.41, 5.74) is 5.22. The summed E-state index contributed by atoms with van der Waals surface area (Å²) in [6, 6.07) is 19.8. The maximum Gasteiger partial charge on any atom is 0.144 e. The summed E-state index contributed by atoms with van der Waals surface area (Å²) in [4.78, 5) is 0. The molecule has 2 aromatic carbocycles. The SMILES string of the molecule is COc1ccc(Cn2nccc2N/N=C/c2ccccc2)cc1. The molecule has 0 amide bonds. The molecule has 0 aliphatic carbocycles. The molecule has 0 atom stereocenters. The van der Waals surface area contributed by atoms with Gasteiger partial charge in [0.05, 0.1) is 26.1 Å². The molecule has 0 saturated heterocycles. The maximum atomic E-state index is 5.17. The number of methoxy groups -OCH3 is 1. The zero-order valence-electron chi connectivity index (χ0n) is 12.9. The van der Waals surface area contributed by atoms with E-state index in [2.05, 4.69) is 15.6 Å². The minimum Gasteiger partial charge on any atom is -0.497 e. The first-order valence-corrected chi connectivity index (χ1v) is 7.34. The summed E-state index contributed by atoms with van der Waals surface area (Å²) in [5, 5.41) is 8.59. The normalized spacial score (nSPS) is 10.8. The van der Waals surface area contributed by atoms with Gasteiger partial charge in [-0.3, -0.25) is 5.43 Å². The number of hydrogen-bond acceptors (Lipinski definition) is 4. The Labute approximate surface area is 135 Å². The number of hydrogen-bond donors (Lipinski definition) is 1. The van der Waals surface area contributed by atoms with Crippen LogP contribution in [0.2, 0.25) is 0 Å². The second-order valence-corrected chi connectivity index (χ2v) is 5.00. The van der Waals surface area contributed by atoms with Crippen molar-refractivity contribution < 1.29 is 4.74 Å². The van der Waals surface area contributed by atoms with Crippen LogP contribution in [0.25, 0.3) is 0 Å². The second kappa shape index (κ2) is 7.26. The van der Waals surface area contributed by atoms with Crippen molar-refractivity contribution in [3.63, 3.8) is 0 Å². The molecule has 0 aliphatic rings. The Balaban J connectivity index is 1.66. The van der Waals surface area contributed by atoms with E-state index in [4.69, 9.17) is 4.74 Å². The predicted octanol–water partition coefficient (Wildman–Crippen LogP) is 3.39. The fourth-order valence-electron chi connectivity index (χ4n) is 2.17. The summed E-state index contributed by atoms with van der Waals surface area (Å²) in [7, 11) is 1.66. The maximum absolute atomic E-state index is 5.17. The highest BCUT2D eigenvalue weighted by atomic mass is 16.5. The Hall–Kier alpha value is -3.08. The van der Waals surface area contributed by atoms with Crippen molar-refractivity contribution in [3.8, 4) is 5.75 Å². The lowest BCUT2D eigenvalue weighted by atomic mass is 10.2. The van der Waals surface area contributed by atoms with E-state index in [1.54, 1.807) is 19.5 Å². The van der Waals surface area contributed by atoms with E-state index in [0.29, 0.717) is 6.54 Å². The van der Waals surface area contributed by atoms with Crippen LogP contribution in [0.1, 0.15) is 11.1 Å². The highest BCUT2D eigenvalue weighted by Crippen LogP contribution is 2.14. The molecular formula is C18H18N4O. The first-order chi connectivity index (χ1) is 11.3. The molecule has 0 bridgehead atoms. The lowest BCUT2D eigenvalue weighted by Crippen LogP contribution is -2.06. The van der Waals surface area contributed by atoms with Gasteiger partial charge in [-0.15, -0.1) is 0 Å². The molecule has 0 saturated carbocycles. The van der Waals surface area contributed by atoms with Crippen LogP contribution in [-0.2, 0) is 6.54 Å². The largest absolute Gasteiger partial charge is 0.497 e. The molecule has 0 spiro atoms. The summed E-state index contributed by atoms with van der Waals surface area (Å²) < 4.78 is 7.03. The van der Waals surface area contributed by atoms with Crippen LogP contribution in [0.4, 0.5) is 5.82 Å². The van der Waals surface area contributed by atoms with Gasteiger partial charge in [0, 0.05) is 6.07 Å². The first kappa shape index (κ1) is 14.8. The molecule has 1 aromatic heterocycles. The molecule has 0 aliphatic heterocycles. The number of rotatable bonds is 6. The molecule has 5 heteroatoms. The van der Waals surface area contributed by atoms with Gasteiger partial charge in [-0.1, -0.05) is 42.5 Å². The molecular weight excluding hydrogens is 288 g/mol. The van der Waals surface area contributed by atoms with Crippen LogP contribution in [0.3, 0.4) is 0 Å². The van der Waals surface area contributed by atoms with Crippen LogP contribution in [0, 0.1) is 0 Å². The van der Waals surface area contributed by atoms with Gasteiger partial charge in [0.15, 0.2) is 0 Å². The fourth-order valence-corrected chi connectivity index (χ4v) is 2.17. The van der Waals surface area contributed by atoms with Gasteiger partial charge in [0.1, 0.15) is 11.6 Å². The van der Waals surface area contributed by atoms with E-state index in [1.165, 1.54) is 0 Å². The number of anilines is 1. The van der Waals surface area contributed by atoms with Crippen LogP contribution in [-0.4, -0.2) is 23.1 Å². The van der Waals surface area contributed by atoms with Crippen LogP contribution in [0.15, 0.2) is 72.0 Å². The van der Waals surface area contributed by atoms with E-state index in [0.717, 1.165) is 22.7 Å². The zero-order valence-corrected chi connectivity index (χ0v) is 12.9. The molecule has 3 aromatic rings. The smallest absolute Gasteiger partial charge is 0.144 e. The average Bonchev–Trinajstić information content (AvgIpc) is 3.04. The van der Waals surface area contributed by atoms with Crippen molar-refractivity contribution in [2.24, 2.45) is 5.10 Å². The van der Waals surface area contributed by atoms with Crippen LogP contribution >= 0.6 is 0 Å². The molecule has 5 nitrogen and oxygen atoms in total. The van der Waals surface area contributed by atoms with Gasteiger partial charge in [0.2, 0.25) is 0 Å². The van der Waals surface area contributed by atoms with Crippen molar-refractivity contribution in [1.82, 2.24) is 9.78 Å². The van der Waals surface area contributed by atoms with E-state index < -0.39 is 0 Å². The van der Waals surface area contributed by atoms with Gasteiger partial charge >= 0.3 is 0 Å². The highest BCUT2D eigenvalue weighted by molar-refractivity contribution is 5.79. The van der Waals surface area contributed by atoms with Crippen LogP contribution in [0.5, 0.6) is 5.75 Å². The Kier molecular flexibility index (Phi) is 4.69. The van der Waals surface area contributed by atoms with E-state index in [1.807, 2.05) is 65.3 Å². The third-order valence-corrected chi connectivity index (χ3v) is 3.40. The number of nitrogens with one attached hydrogen (secondary N) is 1. The third-order valence-electron chi connectivity index (χ3n) is 3.40. The quantitative estimate of drug-likeness (QED) is 0.561. The Bertz CT molecular complexity index is 763. The molecule has 3 rings (SSSR count). The molecule has 0 radical (unpaired) electrons. The summed E-state index contributed by atoms with van der Waals surface area (Å²) >= 11 is 0. The Morgan fingerprint density at radius 1 is 1.09 bits per heavy atom. The average molecular weight is 306 g/mol. The zero-order chi connectivity index (χ0) is 15.9. The van der Waals surface area contributed by atoms with Crippen LogP contribution < -0.4 is 10.2 Å². The van der Waals surface area contributed by atoms with Crippen molar-refractivity contribution in [1.29, 1.82) is 0 Å². The number of benzene rings is 2. The molecule has 23 heavy (non-hydrogen) atoms. The van der Waals surface area contributed by atoms with Crippen molar-refractivity contribution in [2.45, 2.75) is 6.54 Å². The molecule has 116 valence electrons. The van der Waals surface area contributed by atoms with E-state index in [9.17, 15) is 0 Å². The van der Waals surface area contributed by atoms with Gasteiger partial charge in [-0.05, 0) is 23.3 Å². The Morgan fingerprint density at radius 3 is 2.61 bits per heavy atom. The van der Waals surface area contributed by atoms with Gasteiger partial charge in [0.25, 0.3) is 0 Å². The lowest BCUT2D eigenvalue weighted by Gasteiger charge is -2.07. The monoisotopic (exact) mass is 306 g/mol. The predicted molar refractivity (Wildman–Crippen MR) is 92.0 cm³/mol. The summed E-state index contributed by atoms with van der Waals surface area (Å²) in [6.07, 6.45) is 3.54. The second-order valence-electron chi connectivity index (χ2n) is 5.00. The van der Waals surface area contributed by atoms with Crippen molar-refractivity contribution in [3.05, 3.63) is 78.0 Å². The molecule has 0 fully saturated rings. The lowest BCUT2D eigenvalue weighted by molar-refractivity contribution is 0.414. The number of ether oxygens (including phenoxy) is 1. The van der Waals surface area contributed by atoms with Gasteiger partial charge in [-0.2, -0.15) is 10.2 Å². The van der Waals surface area contributed by atoms with E-state index in [-0.39, 0.29) is 0 Å². The number of aromatic nitrogens is 2. The topological polar surface area (TPSA) is 51.4 Å². The summed E-state index contributed by atoms with van der Waals surface area (Å²) in [5.74, 6) is 1.69. The fraction of sp³-hybridized carbons (Fsp3) is 0.111. The highest BCUT2D eigenvalue weighted by Gasteiger charge is 2.02. The van der Waals surface area contributed by atoms with Crippen molar-refractivity contribution >= 4 is 12.0 Å².